The van der Waals surface area contributed by atoms with E-state index in [1.165, 1.54) is 24.3 Å². The summed E-state index contributed by atoms with van der Waals surface area (Å²) in [6, 6.07) is 16.3. The van der Waals surface area contributed by atoms with E-state index in [4.69, 9.17) is 4.74 Å². The van der Waals surface area contributed by atoms with Crippen LogP contribution < -0.4 is 4.74 Å². The molecule has 0 aliphatic carbocycles. The van der Waals surface area contributed by atoms with Crippen molar-refractivity contribution in [3.8, 4) is 28.5 Å². The molecule has 1 aromatic heterocycles. The van der Waals surface area contributed by atoms with Crippen molar-refractivity contribution in [3.63, 3.8) is 0 Å². The number of rotatable bonds is 2. The molecular weight excluding hydrogens is 373 g/mol. The Balaban J connectivity index is 1.69. The standard InChI is InChI=1S/C23H14FNO4/c24-13-7-5-12(6-8-13)20-16(14-3-1-2-4-17(14)25-20)11-19-21(27)15-9-10-18(26)22(28)23(15)29-19/h1-11,25-26,28H. The van der Waals surface area contributed by atoms with Crippen LogP contribution in [0.5, 0.6) is 17.2 Å². The first-order chi connectivity index (χ1) is 14.0. The van der Waals surface area contributed by atoms with Crippen LogP contribution in [0.15, 0.2) is 66.4 Å². The lowest BCUT2D eigenvalue weighted by atomic mass is 10.0. The molecule has 6 heteroatoms. The van der Waals surface area contributed by atoms with E-state index in [0.29, 0.717) is 11.3 Å². The Morgan fingerprint density at radius 2 is 1.72 bits per heavy atom. The molecule has 0 fully saturated rings. The van der Waals surface area contributed by atoms with Gasteiger partial charge in [-0.05, 0) is 54.1 Å². The molecule has 0 saturated heterocycles. The van der Waals surface area contributed by atoms with Gasteiger partial charge in [0.2, 0.25) is 11.5 Å². The molecule has 0 unspecified atom stereocenters. The Hall–Kier alpha value is -4.06. The van der Waals surface area contributed by atoms with Crippen molar-refractivity contribution in [2.75, 3.05) is 0 Å². The molecule has 0 bridgehead atoms. The fraction of sp³-hybridized carbons (Fsp3) is 0. The average molecular weight is 387 g/mol. The number of para-hydroxylation sites is 1. The summed E-state index contributed by atoms with van der Waals surface area (Å²) < 4.78 is 19.0. The van der Waals surface area contributed by atoms with E-state index in [2.05, 4.69) is 4.98 Å². The van der Waals surface area contributed by atoms with Gasteiger partial charge in [0.25, 0.3) is 0 Å². The number of hydrogen-bond acceptors (Lipinski definition) is 4. The number of aromatic nitrogens is 1. The maximum Gasteiger partial charge on any atom is 0.232 e. The highest BCUT2D eigenvalue weighted by atomic mass is 19.1. The molecule has 0 radical (unpaired) electrons. The van der Waals surface area contributed by atoms with E-state index in [0.717, 1.165) is 16.5 Å². The van der Waals surface area contributed by atoms with Gasteiger partial charge in [-0.15, -0.1) is 0 Å². The first-order valence-electron chi connectivity index (χ1n) is 8.89. The molecule has 0 amide bonds. The number of phenols is 2. The molecule has 29 heavy (non-hydrogen) atoms. The smallest absolute Gasteiger partial charge is 0.232 e. The SMILES string of the molecule is O=C1C(=Cc2c(-c3ccc(F)cc3)[nH]c3ccccc23)Oc2c1ccc(O)c2O. The molecule has 2 heterocycles. The van der Waals surface area contributed by atoms with Crippen LogP contribution in [0.3, 0.4) is 0 Å². The van der Waals surface area contributed by atoms with Crippen molar-refractivity contribution in [1.29, 1.82) is 0 Å². The highest BCUT2D eigenvalue weighted by Crippen LogP contribution is 2.44. The highest BCUT2D eigenvalue weighted by molar-refractivity contribution is 6.16. The summed E-state index contributed by atoms with van der Waals surface area (Å²) in [6.45, 7) is 0. The van der Waals surface area contributed by atoms with Crippen LogP contribution in [0, 0.1) is 5.82 Å². The summed E-state index contributed by atoms with van der Waals surface area (Å²) in [4.78, 5) is 16.1. The molecule has 4 aromatic rings. The van der Waals surface area contributed by atoms with Gasteiger partial charge >= 0.3 is 0 Å². The number of Topliss-reactive ketones (excluding diaryl/α,β-unsaturated/α-hetero) is 1. The summed E-state index contributed by atoms with van der Waals surface area (Å²) in [5.74, 6) is -1.62. The van der Waals surface area contributed by atoms with Gasteiger partial charge in [0.05, 0.1) is 11.3 Å². The largest absolute Gasteiger partial charge is 0.504 e. The van der Waals surface area contributed by atoms with Crippen LogP contribution in [0.25, 0.3) is 28.2 Å². The number of phenolic OH excluding ortho intramolecular Hbond substituents is 2. The summed E-state index contributed by atoms with van der Waals surface area (Å²) in [5.41, 5.74) is 3.18. The summed E-state index contributed by atoms with van der Waals surface area (Å²) >= 11 is 0. The fourth-order valence-electron chi connectivity index (χ4n) is 3.52. The highest BCUT2D eigenvalue weighted by Gasteiger charge is 2.31. The lowest BCUT2D eigenvalue weighted by Crippen LogP contribution is -1.98. The van der Waals surface area contributed by atoms with E-state index in [-0.39, 0.29) is 28.6 Å². The molecule has 1 aliphatic rings. The van der Waals surface area contributed by atoms with Crippen molar-refractivity contribution in [1.82, 2.24) is 4.98 Å². The molecule has 0 saturated carbocycles. The van der Waals surface area contributed by atoms with Gasteiger partial charge in [0, 0.05) is 16.5 Å². The minimum absolute atomic E-state index is 0.0222. The number of ketones is 1. The molecule has 0 spiro atoms. The molecule has 1 aliphatic heterocycles. The number of aromatic amines is 1. The summed E-state index contributed by atoms with van der Waals surface area (Å²) in [7, 11) is 0. The lowest BCUT2D eigenvalue weighted by molar-refractivity contribution is 0.101. The molecule has 3 N–H and O–H groups in total. The van der Waals surface area contributed by atoms with Crippen LogP contribution in [0.2, 0.25) is 0 Å². The van der Waals surface area contributed by atoms with E-state index in [9.17, 15) is 19.4 Å². The van der Waals surface area contributed by atoms with Crippen LogP contribution in [0.1, 0.15) is 15.9 Å². The van der Waals surface area contributed by atoms with Crippen LogP contribution in [0.4, 0.5) is 4.39 Å². The van der Waals surface area contributed by atoms with Gasteiger partial charge in [-0.1, -0.05) is 18.2 Å². The maximum atomic E-state index is 13.4. The number of carbonyl (C=O) groups is 1. The predicted octanol–water partition coefficient (Wildman–Crippen LogP) is 5.00. The zero-order valence-electron chi connectivity index (χ0n) is 14.9. The third-order valence-corrected chi connectivity index (χ3v) is 4.95. The van der Waals surface area contributed by atoms with E-state index >= 15 is 0 Å². The fourth-order valence-corrected chi connectivity index (χ4v) is 3.52. The van der Waals surface area contributed by atoms with Gasteiger partial charge in [0.1, 0.15) is 5.82 Å². The minimum atomic E-state index is -0.475. The van der Waals surface area contributed by atoms with Crippen molar-refractivity contribution in [3.05, 3.63) is 83.4 Å². The van der Waals surface area contributed by atoms with Crippen molar-refractivity contribution in [2.24, 2.45) is 0 Å². The normalized spacial score (nSPS) is 14.4. The predicted molar refractivity (Wildman–Crippen MR) is 106 cm³/mol. The molecule has 0 atom stereocenters. The topological polar surface area (TPSA) is 82.6 Å². The van der Waals surface area contributed by atoms with Gasteiger partial charge in [-0.3, -0.25) is 4.79 Å². The number of halogens is 1. The summed E-state index contributed by atoms with van der Waals surface area (Å²) in [5, 5.41) is 20.5. The van der Waals surface area contributed by atoms with Crippen molar-refractivity contribution >= 4 is 22.8 Å². The van der Waals surface area contributed by atoms with Crippen LogP contribution >= 0.6 is 0 Å². The molecule has 142 valence electrons. The Morgan fingerprint density at radius 1 is 0.966 bits per heavy atom. The Morgan fingerprint density at radius 3 is 2.52 bits per heavy atom. The van der Waals surface area contributed by atoms with Gasteiger partial charge in [0.15, 0.2) is 17.3 Å². The zero-order valence-corrected chi connectivity index (χ0v) is 14.9. The number of H-pyrrole nitrogens is 1. The number of hydrogen-bond donors (Lipinski definition) is 3. The quantitative estimate of drug-likeness (QED) is 0.334. The lowest BCUT2D eigenvalue weighted by Gasteiger charge is -2.04. The second-order valence-electron chi connectivity index (χ2n) is 6.72. The number of benzene rings is 3. The Labute approximate surface area is 164 Å². The van der Waals surface area contributed by atoms with Crippen LogP contribution in [-0.4, -0.2) is 21.0 Å². The first-order valence-corrected chi connectivity index (χ1v) is 8.89. The van der Waals surface area contributed by atoms with E-state index in [1.54, 1.807) is 18.2 Å². The van der Waals surface area contributed by atoms with E-state index < -0.39 is 11.5 Å². The minimum Gasteiger partial charge on any atom is -0.504 e. The van der Waals surface area contributed by atoms with Crippen LogP contribution in [-0.2, 0) is 0 Å². The average Bonchev–Trinajstić information content (AvgIpc) is 3.25. The van der Waals surface area contributed by atoms with E-state index in [1.807, 2.05) is 24.3 Å². The second kappa shape index (κ2) is 6.24. The van der Waals surface area contributed by atoms with Gasteiger partial charge in [-0.25, -0.2) is 4.39 Å². The monoisotopic (exact) mass is 387 g/mol. The third kappa shape index (κ3) is 2.65. The van der Waals surface area contributed by atoms with Gasteiger partial charge in [-0.2, -0.15) is 0 Å². The molecular formula is C23H14FNO4. The molecule has 3 aromatic carbocycles. The maximum absolute atomic E-state index is 13.4. The molecule has 5 rings (SSSR count). The number of fused-ring (bicyclic) bond motifs is 2. The van der Waals surface area contributed by atoms with Gasteiger partial charge < -0.3 is 19.9 Å². The first kappa shape index (κ1) is 17.1. The summed E-state index contributed by atoms with van der Waals surface area (Å²) in [6.07, 6.45) is 1.59. The van der Waals surface area contributed by atoms with Crippen molar-refractivity contribution < 1.29 is 24.1 Å². The number of allylic oxidation sites excluding steroid dienone is 1. The molecule has 5 nitrogen and oxygen atoms in total. The Bertz CT molecular complexity index is 1320. The second-order valence-corrected chi connectivity index (χ2v) is 6.72. The number of aromatic hydroxyl groups is 2. The number of ether oxygens (including phenoxy) is 1. The number of carbonyl (C=O) groups excluding carboxylic acids is 1. The van der Waals surface area contributed by atoms with Crippen molar-refractivity contribution in [2.45, 2.75) is 0 Å². The number of nitrogens with one attached hydrogen (secondary N) is 1. The third-order valence-electron chi connectivity index (χ3n) is 4.95. The Kier molecular flexibility index (Phi) is 3.67. The zero-order chi connectivity index (χ0) is 20.1.